The molecule has 1 N–H and O–H groups in total. The van der Waals surface area contributed by atoms with Crippen molar-refractivity contribution in [3.05, 3.63) is 52.5 Å². The highest BCUT2D eigenvalue weighted by Crippen LogP contribution is 2.20. The number of thiophene rings is 1. The van der Waals surface area contributed by atoms with Crippen LogP contribution in [0.2, 0.25) is 0 Å². The Morgan fingerprint density at radius 1 is 1.17 bits per heavy atom. The lowest BCUT2D eigenvalue weighted by Crippen LogP contribution is -2.52. The van der Waals surface area contributed by atoms with Gasteiger partial charge in [-0.1, -0.05) is 18.2 Å². The number of benzene rings is 1. The molecule has 2 heterocycles. The molecule has 1 aromatic heterocycles. The standard InChI is InChI=1S/C20H26FN5OS.HI/c1-24(2)19(27)15-23-20(22-14-16-6-5-13-28-16)26-11-9-25(10-12-26)18-8-4-3-7-17(18)21;/h3-8,13H,9-12,14-15H2,1-2H3,(H,22,23);1H. The quantitative estimate of drug-likeness (QED) is 0.367. The molecular formula is C20H27FIN5OS. The second-order valence-electron chi connectivity index (χ2n) is 6.79. The number of amides is 1. The van der Waals surface area contributed by atoms with E-state index < -0.39 is 0 Å². The number of hydrogen-bond acceptors (Lipinski definition) is 4. The van der Waals surface area contributed by atoms with Crippen LogP contribution in [0, 0.1) is 5.82 Å². The number of piperazine rings is 1. The van der Waals surface area contributed by atoms with Gasteiger partial charge in [-0.15, -0.1) is 35.3 Å². The van der Waals surface area contributed by atoms with Crippen molar-refractivity contribution < 1.29 is 9.18 Å². The maximum atomic E-state index is 14.1. The number of guanidine groups is 1. The largest absolute Gasteiger partial charge is 0.366 e. The van der Waals surface area contributed by atoms with Crippen LogP contribution in [0.4, 0.5) is 10.1 Å². The predicted molar refractivity (Wildman–Crippen MR) is 128 cm³/mol. The molecule has 29 heavy (non-hydrogen) atoms. The van der Waals surface area contributed by atoms with Gasteiger partial charge in [-0.05, 0) is 23.6 Å². The van der Waals surface area contributed by atoms with Gasteiger partial charge >= 0.3 is 0 Å². The maximum absolute atomic E-state index is 14.1. The zero-order valence-corrected chi connectivity index (χ0v) is 19.8. The fourth-order valence-corrected chi connectivity index (χ4v) is 3.64. The molecule has 1 saturated heterocycles. The Bertz CT molecular complexity index is 807. The van der Waals surface area contributed by atoms with E-state index in [9.17, 15) is 9.18 Å². The molecule has 0 saturated carbocycles. The Morgan fingerprint density at radius 2 is 1.90 bits per heavy atom. The second kappa shape index (κ2) is 11.3. The Kier molecular flexibility index (Phi) is 9.15. The average molecular weight is 531 g/mol. The normalized spacial score (nSPS) is 14.4. The number of likely N-dealkylation sites (N-methyl/N-ethyl adjacent to an activating group) is 1. The number of para-hydroxylation sites is 1. The first-order valence-corrected chi connectivity index (χ1v) is 10.2. The van der Waals surface area contributed by atoms with Gasteiger partial charge in [0, 0.05) is 45.2 Å². The summed E-state index contributed by atoms with van der Waals surface area (Å²) in [5.74, 6) is 0.481. The third kappa shape index (κ3) is 6.56. The molecule has 158 valence electrons. The number of carbonyl (C=O) groups is 1. The van der Waals surface area contributed by atoms with Crippen molar-refractivity contribution in [2.24, 2.45) is 4.99 Å². The van der Waals surface area contributed by atoms with Crippen molar-refractivity contribution in [1.82, 2.24) is 15.1 Å². The Balaban J connectivity index is 0.00000300. The van der Waals surface area contributed by atoms with E-state index in [0.29, 0.717) is 38.4 Å². The molecule has 0 bridgehead atoms. The third-order valence-electron chi connectivity index (χ3n) is 4.64. The number of nitrogens with one attached hydrogen (secondary N) is 1. The van der Waals surface area contributed by atoms with Crippen molar-refractivity contribution in [1.29, 1.82) is 0 Å². The van der Waals surface area contributed by atoms with Gasteiger partial charge in [-0.25, -0.2) is 9.38 Å². The lowest BCUT2D eigenvalue weighted by Gasteiger charge is -2.37. The molecule has 6 nitrogen and oxygen atoms in total. The van der Waals surface area contributed by atoms with Gasteiger partial charge in [0.15, 0.2) is 5.96 Å². The summed E-state index contributed by atoms with van der Waals surface area (Å²) in [6.07, 6.45) is 0. The molecule has 0 unspecified atom stereocenters. The molecule has 2 aromatic rings. The van der Waals surface area contributed by atoms with E-state index >= 15 is 0 Å². The van der Waals surface area contributed by atoms with E-state index in [1.165, 1.54) is 15.8 Å². The van der Waals surface area contributed by atoms with Crippen LogP contribution < -0.4 is 10.2 Å². The van der Waals surface area contributed by atoms with Gasteiger partial charge in [0.05, 0.1) is 12.2 Å². The van der Waals surface area contributed by atoms with Crippen molar-refractivity contribution in [2.45, 2.75) is 6.54 Å². The van der Waals surface area contributed by atoms with Crippen LogP contribution in [0.1, 0.15) is 4.88 Å². The van der Waals surface area contributed by atoms with Gasteiger partial charge in [-0.3, -0.25) is 4.79 Å². The summed E-state index contributed by atoms with van der Waals surface area (Å²) < 4.78 is 14.1. The number of anilines is 1. The highest BCUT2D eigenvalue weighted by Gasteiger charge is 2.22. The van der Waals surface area contributed by atoms with Crippen LogP contribution >= 0.6 is 35.3 Å². The van der Waals surface area contributed by atoms with Crippen LogP contribution in [0.3, 0.4) is 0 Å². The molecule has 1 amide bonds. The minimum absolute atomic E-state index is 0. The van der Waals surface area contributed by atoms with Crippen LogP contribution in [0.15, 0.2) is 46.8 Å². The smallest absolute Gasteiger partial charge is 0.243 e. The summed E-state index contributed by atoms with van der Waals surface area (Å²) in [6, 6.07) is 10.9. The minimum Gasteiger partial charge on any atom is -0.366 e. The molecule has 1 aromatic carbocycles. The molecule has 1 fully saturated rings. The number of hydrogen-bond donors (Lipinski definition) is 1. The highest BCUT2D eigenvalue weighted by molar-refractivity contribution is 14.0. The van der Waals surface area contributed by atoms with Crippen LogP contribution in [0.25, 0.3) is 0 Å². The van der Waals surface area contributed by atoms with Gasteiger partial charge in [-0.2, -0.15) is 0 Å². The van der Waals surface area contributed by atoms with Gasteiger partial charge in [0.1, 0.15) is 12.4 Å². The molecule has 9 heteroatoms. The molecule has 1 aliphatic heterocycles. The zero-order valence-electron chi connectivity index (χ0n) is 16.7. The van der Waals surface area contributed by atoms with Crippen molar-refractivity contribution >= 4 is 52.9 Å². The van der Waals surface area contributed by atoms with Crippen LogP contribution in [-0.2, 0) is 11.3 Å². The number of rotatable bonds is 5. The summed E-state index contributed by atoms with van der Waals surface area (Å²) in [4.78, 5) is 23.4. The Morgan fingerprint density at radius 3 is 2.52 bits per heavy atom. The van der Waals surface area contributed by atoms with Crippen molar-refractivity contribution in [3.63, 3.8) is 0 Å². The molecule has 0 atom stereocenters. The van der Waals surface area contributed by atoms with E-state index in [4.69, 9.17) is 0 Å². The molecular weight excluding hydrogens is 504 g/mol. The van der Waals surface area contributed by atoms with E-state index in [2.05, 4.69) is 21.3 Å². The maximum Gasteiger partial charge on any atom is 0.243 e. The van der Waals surface area contributed by atoms with Gasteiger partial charge in [0.2, 0.25) is 5.91 Å². The lowest BCUT2D eigenvalue weighted by atomic mass is 10.2. The third-order valence-corrected chi connectivity index (χ3v) is 5.51. The monoisotopic (exact) mass is 531 g/mol. The zero-order chi connectivity index (χ0) is 19.9. The first kappa shape index (κ1) is 23.4. The number of carbonyl (C=O) groups excluding carboxylic acids is 1. The first-order chi connectivity index (χ1) is 13.5. The van der Waals surface area contributed by atoms with Crippen molar-refractivity contribution in [2.75, 3.05) is 51.7 Å². The molecule has 0 aliphatic carbocycles. The average Bonchev–Trinajstić information content (AvgIpc) is 3.22. The second-order valence-corrected chi connectivity index (χ2v) is 7.82. The highest BCUT2D eigenvalue weighted by atomic mass is 127. The number of aliphatic imine (C=N–C) groups is 1. The van der Waals surface area contributed by atoms with E-state index in [1.54, 1.807) is 31.5 Å². The summed E-state index contributed by atoms with van der Waals surface area (Å²) >= 11 is 1.68. The van der Waals surface area contributed by atoms with E-state index in [1.807, 2.05) is 28.5 Å². The molecule has 3 rings (SSSR count). The van der Waals surface area contributed by atoms with Crippen molar-refractivity contribution in [3.8, 4) is 0 Å². The molecule has 0 radical (unpaired) electrons. The Hall–Kier alpha value is -1.88. The van der Waals surface area contributed by atoms with Gasteiger partial charge < -0.3 is 20.0 Å². The predicted octanol–water partition coefficient (Wildman–Crippen LogP) is 2.86. The van der Waals surface area contributed by atoms with Crippen LogP contribution in [-0.4, -0.2) is 68.5 Å². The topological polar surface area (TPSA) is 51.2 Å². The summed E-state index contributed by atoms with van der Waals surface area (Å²) in [6.45, 7) is 3.58. The van der Waals surface area contributed by atoms with E-state index in [-0.39, 0.29) is 42.2 Å². The fraction of sp³-hybridized carbons (Fsp3) is 0.400. The fourth-order valence-electron chi connectivity index (χ4n) is 3.00. The van der Waals surface area contributed by atoms with Crippen LogP contribution in [0.5, 0.6) is 0 Å². The summed E-state index contributed by atoms with van der Waals surface area (Å²) in [5.41, 5.74) is 0.634. The number of nitrogens with zero attached hydrogens (tertiary/aromatic N) is 4. The summed E-state index contributed by atoms with van der Waals surface area (Å²) in [7, 11) is 3.45. The SMILES string of the molecule is CN(C)C(=O)CN=C(NCc1cccs1)N1CCN(c2ccccc2F)CC1.I. The molecule has 1 aliphatic rings. The van der Waals surface area contributed by atoms with E-state index in [0.717, 1.165) is 5.96 Å². The number of halogens is 2. The lowest BCUT2D eigenvalue weighted by molar-refractivity contribution is -0.127. The van der Waals surface area contributed by atoms with Gasteiger partial charge in [0.25, 0.3) is 0 Å². The first-order valence-electron chi connectivity index (χ1n) is 9.30. The summed E-state index contributed by atoms with van der Waals surface area (Å²) in [5, 5.41) is 5.41. The minimum atomic E-state index is -0.197. The molecule has 0 spiro atoms. The Labute approximate surface area is 192 Å².